The largest absolute Gasteiger partial charge is 0.381 e. The van der Waals surface area contributed by atoms with Crippen LogP contribution in [0.3, 0.4) is 0 Å². The van der Waals surface area contributed by atoms with E-state index < -0.39 is 0 Å². The van der Waals surface area contributed by atoms with Gasteiger partial charge in [0.15, 0.2) is 0 Å². The van der Waals surface area contributed by atoms with E-state index in [4.69, 9.17) is 4.74 Å². The minimum absolute atomic E-state index is 0.498. The lowest BCUT2D eigenvalue weighted by molar-refractivity contribution is 0.0204. The fourth-order valence-electron chi connectivity index (χ4n) is 3.18. The zero-order valence-corrected chi connectivity index (χ0v) is 10.7. The third-order valence-electron chi connectivity index (χ3n) is 4.35. The topological polar surface area (TPSA) is 24.5 Å². The molecule has 1 aliphatic carbocycles. The molecule has 0 radical (unpaired) electrons. The van der Waals surface area contributed by atoms with Crippen LogP contribution in [-0.2, 0) is 4.74 Å². The molecule has 94 valence electrons. The fraction of sp³-hybridized carbons (Fsp3) is 1.00. The van der Waals surface area contributed by atoms with Gasteiger partial charge in [0, 0.05) is 25.7 Å². The van der Waals surface area contributed by atoms with Gasteiger partial charge in [-0.05, 0) is 52.1 Å². The van der Waals surface area contributed by atoms with E-state index in [0.717, 1.165) is 12.1 Å². The molecule has 0 aromatic carbocycles. The van der Waals surface area contributed by atoms with Crippen molar-refractivity contribution in [1.82, 2.24) is 10.2 Å². The predicted molar refractivity (Wildman–Crippen MR) is 66.7 cm³/mol. The molecule has 0 aromatic heterocycles. The van der Waals surface area contributed by atoms with Crippen molar-refractivity contribution in [2.45, 2.75) is 56.7 Å². The van der Waals surface area contributed by atoms with Crippen LogP contribution in [0.25, 0.3) is 0 Å². The Bertz CT molecular complexity index is 204. The number of piperidine rings is 1. The summed E-state index contributed by atoms with van der Waals surface area (Å²) in [6.45, 7) is 2.38. The molecular weight excluding hydrogens is 200 g/mol. The summed E-state index contributed by atoms with van der Waals surface area (Å²) in [4.78, 5) is 2.61. The van der Waals surface area contributed by atoms with Gasteiger partial charge in [-0.15, -0.1) is 0 Å². The van der Waals surface area contributed by atoms with Gasteiger partial charge in [-0.1, -0.05) is 0 Å². The number of hydrogen-bond acceptors (Lipinski definition) is 3. The minimum Gasteiger partial charge on any atom is -0.381 e. The predicted octanol–water partition coefficient (Wildman–Crippen LogP) is 1.63. The number of nitrogens with zero attached hydrogens (tertiary/aromatic N) is 1. The molecule has 3 heteroatoms. The van der Waals surface area contributed by atoms with Gasteiger partial charge >= 0.3 is 0 Å². The molecule has 3 unspecified atom stereocenters. The van der Waals surface area contributed by atoms with Crippen LogP contribution in [0, 0.1) is 0 Å². The second kappa shape index (κ2) is 5.99. The number of hydrogen-bond donors (Lipinski definition) is 1. The lowest BCUT2D eigenvalue weighted by Crippen LogP contribution is -2.50. The Morgan fingerprint density at radius 2 is 1.94 bits per heavy atom. The van der Waals surface area contributed by atoms with Crippen molar-refractivity contribution < 1.29 is 4.74 Å². The van der Waals surface area contributed by atoms with E-state index >= 15 is 0 Å². The average molecular weight is 226 g/mol. The van der Waals surface area contributed by atoms with Gasteiger partial charge in [-0.2, -0.15) is 0 Å². The van der Waals surface area contributed by atoms with Gasteiger partial charge in [0.1, 0.15) is 0 Å². The first kappa shape index (κ1) is 12.3. The van der Waals surface area contributed by atoms with Crippen LogP contribution in [0.5, 0.6) is 0 Å². The molecule has 16 heavy (non-hydrogen) atoms. The van der Waals surface area contributed by atoms with Gasteiger partial charge in [0.25, 0.3) is 0 Å². The molecule has 2 aliphatic rings. The maximum atomic E-state index is 5.52. The number of rotatable bonds is 3. The third-order valence-corrected chi connectivity index (χ3v) is 4.35. The molecule has 1 N–H and O–H groups in total. The van der Waals surface area contributed by atoms with E-state index in [1.54, 1.807) is 0 Å². The van der Waals surface area contributed by atoms with Crippen molar-refractivity contribution in [3.05, 3.63) is 0 Å². The average Bonchev–Trinajstić information content (AvgIpc) is 2.39. The smallest absolute Gasteiger partial charge is 0.0586 e. The van der Waals surface area contributed by atoms with Crippen molar-refractivity contribution in [2.75, 3.05) is 27.2 Å². The molecular formula is C13H26N2O. The minimum atomic E-state index is 0.498. The second-order valence-electron chi connectivity index (χ2n) is 5.34. The summed E-state index contributed by atoms with van der Waals surface area (Å²) >= 11 is 0. The summed E-state index contributed by atoms with van der Waals surface area (Å²) in [6, 6.07) is 1.48. The van der Waals surface area contributed by atoms with Crippen molar-refractivity contribution in [1.29, 1.82) is 0 Å². The Kier molecular flexibility index (Phi) is 4.62. The summed E-state index contributed by atoms with van der Waals surface area (Å²) in [5.74, 6) is 0. The standard InChI is InChI=1S/C13H26N2O/c1-15(12-6-4-8-14-10-12)11-5-3-7-13(9-11)16-2/h11-14H,3-10H2,1-2H3. The first-order valence-corrected chi connectivity index (χ1v) is 6.76. The molecule has 2 fully saturated rings. The highest BCUT2D eigenvalue weighted by atomic mass is 16.5. The van der Waals surface area contributed by atoms with Crippen LogP contribution in [0.2, 0.25) is 0 Å². The highest BCUT2D eigenvalue weighted by Gasteiger charge is 2.29. The van der Waals surface area contributed by atoms with Crippen LogP contribution in [0.4, 0.5) is 0 Å². The SMILES string of the molecule is COC1CCCC(N(C)C2CCCNC2)C1. The summed E-state index contributed by atoms with van der Waals surface area (Å²) < 4.78 is 5.52. The molecule has 0 bridgehead atoms. The Balaban J connectivity index is 1.84. The van der Waals surface area contributed by atoms with Crippen molar-refractivity contribution >= 4 is 0 Å². The molecule has 3 nitrogen and oxygen atoms in total. The number of nitrogens with one attached hydrogen (secondary N) is 1. The second-order valence-corrected chi connectivity index (χ2v) is 5.34. The van der Waals surface area contributed by atoms with Crippen LogP contribution in [0.15, 0.2) is 0 Å². The number of likely N-dealkylation sites (N-methyl/N-ethyl adjacent to an activating group) is 1. The molecule has 0 aromatic rings. The van der Waals surface area contributed by atoms with Gasteiger partial charge < -0.3 is 10.1 Å². The lowest BCUT2D eigenvalue weighted by Gasteiger charge is -2.40. The van der Waals surface area contributed by atoms with Crippen LogP contribution >= 0.6 is 0 Å². The van der Waals surface area contributed by atoms with E-state index in [0.29, 0.717) is 6.10 Å². The highest BCUT2D eigenvalue weighted by molar-refractivity contribution is 4.85. The molecule has 1 saturated heterocycles. The van der Waals surface area contributed by atoms with E-state index in [9.17, 15) is 0 Å². The Labute approximate surface area is 99.5 Å². The van der Waals surface area contributed by atoms with Crippen LogP contribution < -0.4 is 5.32 Å². The van der Waals surface area contributed by atoms with Crippen molar-refractivity contribution in [3.63, 3.8) is 0 Å². The zero-order chi connectivity index (χ0) is 11.4. The number of methoxy groups -OCH3 is 1. The Hall–Kier alpha value is -0.120. The first-order valence-electron chi connectivity index (χ1n) is 6.76. The van der Waals surface area contributed by atoms with E-state index in [2.05, 4.69) is 17.3 Å². The van der Waals surface area contributed by atoms with Gasteiger partial charge in [0.2, 0.25) is 0 Å². The normalized spacial score (nSPS) is 36.6. The Morgan fingerprint density at radius 1 is 1.12 bits per heavy atom. The zero-order valence-electron chi connectivity index (χ0n) is 10.7. The van der Waals surface area contributed by atoms with Crippen molar-refractivity contribution in [2.24, 2.45) is 0 Å². The van der Waals surface area contributed by atoms with Crippen LogP contribution in [0.1, 0.15) is 38.5 Å². The van der Waals surface area contributed by atoms with E-state index in [1.165, 1.54) is 51.6 Å². The fourth-order valence-corrected chi connectivity index (χ4v) is 3.18. The summed E-state index contributed by atoms with van der Waals surface area (Å²) in [6.07, 6.45) is 8.35. The maximum absolute atomic E-state index is 5.52. The lowest BCUT2D eigenvalue weighted by atomic mass is 9.90. The third kappa shape index (κ3) is 2.96. The Morgan fingerprint density at radius 3 is 2.62 bits per heavy atom. The monoisotopic (exact) mass is 226 g/mol. The number of ether oxygens (including phenoxy) is 1. The first-order chi connectivity index (χ1) is 7.81. The maximum Gasteiger partial charge on any atom is 0.0586 e. The molecule has 0 spiro atoms. The van der Waals surface area contributed by atoms with E-state index in [1.807, 2.05) is 7.11 Å². The van der Waals surface area contributed by atoms with E-state index in [-0.39, 0.29) is 0 Å². The quantitative estimate of drug-likeness (QED) is 0.791. The molecule has 0 amide bonds. The molecule has 3 atom stereocenters. The molecule has 1 saturated carbocycles. The summed E-state index contributed by atoms with van der Waals surface area (Å²) in [5, 5.41) is 3.51. The summed E-state index contributed by atoms with van der Waals surface area (Å²) in [7, 11) is 4.16. The molecule has 1 heterocycles. The van der Waals surface area contributed by atoms with Gasteiger partial charge in [-0.3, -0.25) is 4.90 Å². The van der Waals surface area contributed by atoms with Crippen LogP contribution in [-0.4, -0.2) is 50.3 Å². The van der Waals surface area contributed by atoms with Gasteiger partial charge in [-0.25, -0.2) is 0 Å². The van der Waals surface area contributed by atoms with Crippen molar-refractivity contribution in [3.8, 4) is 0 Å². The molecule has 1 aliphatic heterocycles. The summed E-state index contributed by atoms with van der Waals surface area (Å²) in [5.41, 5.74) is 0. The molecule has 2 rings (SSSR count). The highest BCUT2D eigenvalue weighted by Crippen LogP contribution is 2.26. The van der Waals surface area contributed by atoms with Gasteiger partial charge in [0.05, 0.1) is 6.10 Å².